The van der Waals surface area contributed by atoms with Crippen LogP contribution in [0.3, 0.4) is 0 Å². The van der Waals surface area contributed by atoms with E-state index in [9.17, 15) is 4.79 Å². The second-order valence-corrected chi connectivity index (χ2v) is 3.74. The van der Waals surface area contributed by atoms with Crippen LogP contribution in [0.2, 0.25) is 0 Å². The number of aromatic nitrogens is 1. The first kappa shape index (κ1) is 9.63. The van der Waals surface area contributed by atoms with Gasteiger partial charge in [-0.25, -0.2) is 4.79 Å². The normalized spacial score (nSPS) is 20.7. The number of pyridine rings is 1. The average molecular weight is 221 g/mol. The summed E-state index contributed by atoms with van der Waals surface area (Å²) >= 11 is 0. The molecule has 1 fully saturated rings. The van der Waals surface area contributed by atoms with Crippen molar-refractivity contribution >= 4 is 6.09 Å². The van der Waals surface area contributed by atoms with Crippen LogP contribution in [-0.4, -0.2) is 29.1 Å². The molecule has 2 rings (SSSR count). The Hall–Kier alpha value is -1.58. The van der Waals surface area contributed by atoms with Crippen molar-refractivity contribution < 1.29 is 10.9 Å². The number of hydrogen-bond donors (Lipinski definition) is 0. The van der Waals surface area contributed by atoms with E-state index in [-0.39, 0.29) is 12.1 Å². The second-order valence-electron chi connectivity index (χ2n) is 3.74. The van der Waals surface area contributed by atoms with E-state index in [2.05, 4.69) is 4.98 Å². The lowest BCUT2D eigenvalue weighted by molar-refractivity contribution is 0.103. The van der Waals surface area contributed by atoms with Crippen molar-refractivity contribution in [1.29, 1.82) is 0 Å². The highest BCUT2D eigenvalue weighted by molar-refractivity contribution is 5.68. The minimum absolute atomic E-state index is 0.0600. The molecule has 0 spiro atoms. The summed E-state index contributed by atoms with van der Waals surface area (Å²) in [5.74, 6) is 0. The highest BCUT2D eigenvalue weighted by Gasteiger charge is 2.30. The van der Waals surface area contributed by atoms with Gasteiger partial charge in [-0.05, 0) is 31.4 Å². The zero-order valence-corrected chi connectivity index (χ0v) is 9.35. The molecule has 0 saturated carbocycles. The topological polar surface area (TPSA) is 42.4 Å². The van der Waals surface area contributed by atoms with E-state index in [4.69, 9.17) is 6.11 Å². The number of likely N-dealkylation sites (tertiary alicyclic amines) is 1. The minimum atomic E-state index is -0.293. The van der Waals surface area contributed by atoms with Crippen molar-refractivity contribution in [3.63, 3.8) is 0 Å². The van der Waals surface area contributed by atoms with E-state index in [1.807, 2.05) is 0 Å². The number of hydrogen-bond acceptors (Lipinski definition) is 3. The van der Waals surface area contributed by atoms with E-state index in [1.54, 1.807) is 30.3 Å². The van der Waals surface area contributed by atoms with Gasteiger partial charge in [0.1, 0.15) is 0 Å². The fourth-order valence-electron chi connectivity index (χ4n) is 2.03. The third-order valence-electron chi connectivity index (χ3n) is 2.74. The van der Waals surface area contributed by atoms with E-state index in [1.165, 1.54) is 0 Å². The molecular weight excluding hydrogens is 204 g/mol. The van der Waals surface area contributed by atoms with Crippen molar-refractivity contribution in [1.82, 2.24) is 9.88 Å². The van der Waals surface area contributed by atoms with Crippen LogP contribution in [0.15, 0.2) is 24.5 Å². The maximum atomic E-state index is 11.8. The van der Waals surface area contributed by atoms with Gasteiger partial charge in [-0.15, -0.1) is 0 Å². The van der Waals surface area contributed by atoms with Crippen LogP contribution in [0.1, 0.15) is 32.7 Å². The van der Waals surface area contributed by atoms with E-state index >= 15 is 0 Å². The highest BCUT2D eigenvalue weighted by Crippen LogP contribution is 2.31. The van der Waals surface area contributed by atoms with Gasteiger partial charge >= 0.3 is 6.09 Å². The fraction of sp³-hybridized carbons (Fsp3) is 0.500. The molecule has 1 aromatic rings. The van der Waals surface area contributed by atoms with Gasteiger partial charge in [0.15, 0.2) is 0 Å². The molecule has 0 aromatic carbocycles. The predicted molar refractivity (Wildman–Crippen MR) is 59.9 cm³/mol. The van der Waals surface area contributed by atoms with Gasteiger partial charge in [-0.2, -0.15) is 0 Å². The standard InChI is InChI=1S/C12H16N2O2/c1-2-16-12(15)14-8-4-6-11(14)10-5-3-7-13-9-10/h3,5,7,9,11H,2,4,6,8H2,1H3/i5D. The number of amides is 1. The molecule has 0 bridgehead atoms. The molecule has 1 unspecified atom stereocenters. The second kappa shape index (κ2) is 4.96. The monoisotopic (exact) mass is 221 g/mol. The predicted octanol–water partition coefficient (Wildman–Crippen LogP) is 2.38. The lowest BCUT2D eigenvalue weighted by Gasteiger charge is -2.23. The van der Waals surface area contributed by atoms with Crippen molar-refractivity contribution in [2.45, 2.75) is 25.8 Å². The third kappa shape index (κ3) is 2.15. The first-order chi connectivity index (χ1) is 8.24. The molecule has 0 N–H and O–H groups in total. The smallest absolute Gasteiger partial charge is 0.410 e. The number of ether oxygens (including phenoxy) is 1. The molecule has 4 nitrogen and oxygen atoms in total. The van der Waals surface area contributed by atoms with Crippen LogP contribution >= 0.6 is 0 Å². The Balaban J connectivity index is 2.20. The van der Waals surface area contributed by atoms with Gasteiger partial charge < -0.3 is 9.64 Å². The number of rotatable bonds is 2. The molecule has 1 aromatic heterocycles. The van der Waals surface area contributed by atoms with Crippen LogP contribution in [0.4, 0.5) is 4.79 Å². The molecular formula is C12H16N2O2. The zero-order chi connectivity index (χ0) is 12.3. The van der Waals surface area contributed by atoms with E-state index in [0.717, 1.165) is 18.4 Å². The summed E-state index contributed by atoms with van der Waals surface area (Å²) in [6, 6.07) is 2.02. The Labute approximate surface area is 96.6 Å². The Morgan fingerprint density at radius 3 is 3.44 bits per heavy atom. The Kier molecular flexibility index (Phi) is 2.99. The van der Waals surface area contributed by atoms with Crippen molar-refractivity contribution in [3.05, 3.63) is 30.1 Å². The summed E-state index contributed by atoms with van der Waals surface area (Å²) in [5.41, 5.74) is 0.804. The van der Waals surface area contributed by atoms with Crippen LogP contribution in [-0.2, 0) is 4.74 Å². The maximum Gasteiger partial charge on any atom is 0.410 e. The van der Waals surface area contributed by atoms with Gasteiger partial charge in [-0.1, -0.05) is 6.04 Å². The Morgan fingerprint density at radius 2 is 2.69 bits per heavy atom. The molecule has 1 amide bonds. The third-order valence-corrected chi connectivity index (χ3v) is 2.74. The van der Waals surface area contributed by atoms with Crippen LogP contribution in [0, 0.1) is 0 Å². The molecule has 1 atom stereocenters. The lowest BCUT2D eigenvalue weighted by atomic mass is 10.1. The summed E-state index contributed by atoms with van der Waals surface area (Å²) < 4.78 is 12.9. The molecule has 4 heteroatoms. The number of carbonyl (C=O) groups is 1. The molecule has 0 aliphatic carbocycles. The molecule has 1 aliphatic heterocycles. The summed E-state index contributed by atoms with van der Waals surface area (Å²) in [6.07, 6.45) is 4.78. The van der Waals surface area contributed by atoms with Gasteiger partial charge in [0.25, 0.3) is 0 Å². The van der Waals surface area contributed by atoms with Crippen molar-refractivity contribution in [3.8, 4) is 0 Å². The highest BCUT2D eigenvalue weighted by atomic mass is 16.6. The van der Waals surface area contributed by atoms with Gasteiger partial charge in [0.2, 0.25) is 0 Å². The molecule has 86 valence electrons. The summed E-state index contributed by atoms with van der Waals surface area (Å²) in [7, 11) is 0. The van der Waals surface area contributed by atoms with Gasteiger partial charge in [0.05, 0.1) is 14.0 Å². The summed E-state index contributed by atoms with van der Waals surface area (Å²) in [5, 5.41) is 0. The summed E-state index contributed by atoms with van der Waals surface area (Å²) in [6.45, 7) is 2.86. The summed E-state index contributed by atoms with van der Waals surface area (Å²) in [4.78, 5) is 17.5. The Bertz CT molecular complexity index is 411. The number of nitrogens with zero attached hydrogens (tertiary/aromatic N) is 2. The van der Waals surface area contributed by atoms with Crippen LogP contribution in [0.5, 0.6) is 0 Å². The van der Waals surface area contributed by atoms with E-state index in [0.29, 0.717) is 19.2 Å². The Morgan fingerprint density at radius 1 is 1.81 bits per heavy atom. The SMILES string of the molecule is [2H]c1ccncc1C1CCCN1C(=O)OCC. The van der Waals surface area contributed by atoms with Crippen molar-refractivity contribution in [2.24, 2.45) is 0 Å². The van der Waals surface area contributed by atoms with Gasteiger partial charge in [0, 0.05) is 18.9 Å². The van der Waals surface area contributed by atoms with Gasteiger partial charge in [-0.3, -0.25) is 4.98 Å². The molecule has 16 heavy (non-hydrogen) atoms. The quantitative estimate of drug-likeness (QED) is 0.770. The first-order valence-electron chi connectivity index (χ1n) is 6.08. The minimum Gasteiger partial charge on any atom is -0.450 e. The van der Waals surface area contributed by atoms with Crippen molar-refractivity contribution in [2.75, 3.05) is 13.2 Å². The molecule has 1 saturated heterocycles. The molecule has 1 aliphatic rings. The maximum absolute atomic E-state index is 11.8. The fourth-order valence-corrected chi connectivity index (χ4v) is 2.03. The van der Waals surface area contributed by atoms with Crippen LogP contribution < -0.4 is 0 Å². The first-order valence-corrected chi connectivity index (χ1v) is 5.58. The average Bonchev–Trinajstić information content (AvgIpc) is 2.79. The van der Waals surface area contributed by atoms with E-state index < -0.39 is 0 Å². The molecule has 0 radical (unpaired) electrons. The largest absolute Gasteiger partial charge is 0.450 e. The number of carbonyl (C=O) groups excluding carboxylic acids is 1. The van der Waals surface area contributed by atoms with Crippen LogP contribution in [0.25, 0.3) is 0 Å². The molecule has 2 heterocycles. The lowest BCUT2D eigenvalue weighted by Crippen LogP contribution is -2.31. The zero-order valence-electron chi connectivity index (χ0n) is 10.3.